The van der Waals surface area contributed by atoms with Crippen LogP contribution in [0, 0.1) is 0 Å². The van der Waals surface area contributed by atoms with Crippen LogP contribution >= 0.6 is 191 Å². The molecule has 0 aliphatic carbocycles. The Balaban J connectivity index is 1.29. The first-order valence-corrected chi connectivity index (χ1v) is 25.0. The first kappa shape index (κ1) is 35.4. The molecule has 0 amide bonds. The molecule has 0 N–H and O–H groups in total. The highest BCUT2D eigenvalue weighted by Crippen LogP contribution is 2.60. The molecule has 212 valence electrons. The van der Waals surface area contributed by atoms with E-state index in [1.54, 1.807) is 0 Å². The summed E-state index contributed by atoms with van der Waals surface area (Å²) in [6, 6.07) is 0. The zero-order valence-corrected chi connectivity index (χ0v) is 34.1. The molecule has 0 aromatic carbocycles. The van der Waals surface area contributed by atoms with Crippen LogP contribution in [0.25, 0.3) is 0 Å². The van der Waals surface area contributed by atoms with Gasteiger partial charge in [0.15, 0.2) is 0 Å². The van der Waals surface area contributed by atoms with Crippen molar-refractivity contribution in [3.05, 3.63) is 77.2 Å². The summed E-state index contributed by atoms with van der Waals surface area (Å²) < 4.78 is 12.4. The minimum Gasteiger partial charge on any atom is -0.174 e. The van der Waals surface area contributed by atoms with Crippen molar-refractivity contribution in [2.75, 3.05) is 41.1 Å². The number of thiol groups is 3. The molecule has 0 nitrogen and oxygen atoms in total. The maximum atomic E-state index is 4.63. The highest BCUT2D eigenvalue weighted by atomic mass is 32.3. The van der Waals surface area contributed by atoms with Crippen LogP contribution in [0.4, 0.5) is 0 Å². The van der Waals surface area contributed by atoms with Crippen LogP contribution in [0.1, 0.15) is 0 Å². The largest absolute Gasteiger partial charge is 0.174 e. The summed E-state index contributed by atoms with van der Waals surface area (Å²) in [7, 11) is 0. The molecule has 0 spiro atoms. The van der Waals surface area contributed by atoms with Gasteiger partial charge in [0.1, 0.15) is 0 Å². The molecule has 4 rings (SSSR count). The Morgan fingerprint density at radius 2 is 0.795 bits per heavy atom. The molecule has 4 aliphatic rings. The monoisotopic (exact) mass is 812 g/mol. The van der Waals surface area contributed by atoms with Gasteiger partial charge in [-0.25, -0.2) is 0 Å². The third-order valence-electron chi connectivity index (χ3n) is 4.59. The van der Waals surface area contributed by atoms with Crippen molar-refractivity contribution in [3.8, 4) is 0 Å². The van der Waals surface area contributed by atoms with Crippen LogP contribution in [-0.4, -0.2) is 41.1 Å². The van der Waals surface area contributed by atoms with Crippen LogP contribution < -0.4 is 0 Å². The van der Waals surface area contributed by atoms with Gasteiger partial charge in [-0.15, -0.1) is 58.8 Å². The number of hydrogen-bond acceptors (Lipinski definition) is 16. The lowest BCUT2D eigenvalue weighted by Crippen LogP contribution is -1.80. The zero-order valence-electron chi connectivity index (χ0n) is 20.8. The van der Waals surface area contributed by atoms with E-state index >= 15 is 0 Å². The molecule has 0 bridgehead atoms. The Kier molecular flexibility index (Phi) is 16.9. The molecule has 0 aromatic heterocycles. The summed E-state index contributed by atoms with van der Waals surface area (Å²) in [4.78, 5) is 4.04. The average molecular weight is 814 g/mol. The van der Waals surface area contributed by atoms with E-state index in [0.717, 1.165) is 22.3 Å². The van der Waals surface area contributed by atoms with Crippen LogP contribution in [0.15, 0.2) is 77.2 Å². The van der Waals surface area contributed by atoms with Gasteiger partial charge in [-0.3, -0.25) is 0 Å². The van der Waals surface area contributed by atoms with Crippen molar-refractivity contribution in [1.82, 2.24) is 0 Å². The highest BCUT2D eigenvalue weighted by molar-refractivity contribution is 8.43. The number of thioether (sulfide) groups is 13. The standard InChI is InChI=1S/C23H24S16/c1-27-20-21(28-2)37-17(36-20)7-5-16-34-14(10-26)19(35-16)30-11-31-23-22(29-3)38-18(39-23)6-4-15-32-12(8-24)13(9-25)33-15/h4-7,24-26H,8-11H2,1-3H3/b16-5-,18-6+. The van der Waals surface area contributed by atoms with Crippen LogP contribution in [0.5, 0.6) is 0 Å². The van der Waals surface area contributed by atoms with E-state index in [4.69, 9.17) is 0 Å². The zero-order chi connectivity index (χ0) is 27.8. The van der Waals surface area contributed by atoms with E-state index < -0.39 is 0 Å². The molecule has 0 fully saturated rings. The maximum Gasteiger partial charge on any atom is 0.0667 e. The van der Waals surface area contributed by atoms with Crippen molar-refractivity contribution in [2.45, 2.75) is 0 Å². The Hall–Kier alpha value is 3.52. The normalized spacial score (nSPS) is 22.3. The lowest BCUT2D eigenvalue weighted by Gasteiger charge is -2.04. The number of rotatable bonds is 12. The van der Waals surface area contributed by atoms with Gasteiger partial charge in [0, 0.05) is 41.3 Å². The molecular formula is C23H24S16. The van der Waals surface area contributed by atoms with Gasteiger partial charge >= 0.3 is 0 Å². The van der Waals surface area contributed by atoms with E-state index in [1.165, 1.54) is 52.8 Å². The lowest BCUT2D eigenvalue weighted by atomic mass is 10.6. The topological polar surface area (TPSA) is 0 Å². The second-order valence-corrected chi connectivity index (χ2v) is 23.7. The van der Waals surface area contributed by atoms with E-state index in [-0.39, 0.29) is 0 Å². The number of allylic oxidation sites excluding steroid dienone is 4. The van der Waals surface area contributed by atoms with Crippen molar-refractivity contribution >= 4 is 191 Å². The molecule has 4 heterocycles. The van der Waals surface area contributed by atoms with Gasteiger partial charge in [-0.05, 0) is 43.1 Å². The van der Waals surface area contributed by atoms with E-state index in [9.17, 15) is 0 Å². The summed E-state index contributed by atoms with van der Waals surface area (Å²) in [6.45, 7) is 0. The fourth-order valence-corrected chi connectivity index (χ4v) is 21.2. The summed E-state index contributed by atoms with van der Waals surface area (Å²) in [5, 5.41) is 1.01. The lowest BCUT2D eigenvalue weighted by molar-refractivity contribution is 1.61. The molecule has 0 unspecified atom stereocenters. The fraction of sp³-hybridized carbons (Fsp3) is 0.304. The van der Waals surface area contributed by atoms with Crippen molar-refractivity contribution in [1.29, 1.82) is 0 Å². The molecule has 39 heavy (non-hydrogen) atoms. The summed E-state index contributed by atoms with van der Waals surface area (Å²) in [5.74, 6) is 2.36. The Bertz CT molecular complexity index is 1070. The van der Waals surface area contributed by atoms with Gasteiger partial charge in [-0.1, -0.05) is 94.1 Å². The molecule has 0 aromatic rings. The van der Waals surface area contributed by atoms with Gasteiger partial charge < -0.3 is 0 Å². The van der Waals surface area contributed by atoms with Crippen LogP contribution in [0.2, 0.25) is 0 Å². The third kappa shape index (κ3) is 10.3. The first-order chi connectivity index (χ1) is 19.0. The van der Waals surface area contributed by atoms with Gasteiger partial charge in [0.25, 0.3) is 0 Å². The SMILES string of the molecule is CSC1=C(SC)SC(=C/C=C2/SC(CS)=C(SCSC3=C(SC)S/C(=C\C=C4SC(CS)=C(CS)S4)S3)S2)S1. The predicted molar refractivity (Wildman–Crippen MR) is 223 cm³/mol. The average Bonchev–Trinajstić information content (AvgIpc) is 3.74. The van der Waals surface area contributed by atoms with E-state index in [0.29, 0.717) is 0 Å². The van der Waals surface area contributed by atoms with Crippen molar-refractivity contribution in [2.24, 2.45) is 0 Å². The van der Waals surface area contributed by atoms with E-state index in [1.807, 2.05) is 153 Å². The number of hydrogen-bond donors (Lipinski definition) is 3. The Morgan fingerprint density at radius 1 is 0.462 bits per heavy atom. The Morgan fingerprint density at radius 3 is 1.26 bits per heavy atom. The second kappa shape index (κ2) is 18.6. The summed E-state index contributed by atoms with van der Waals surface area (Å²) >= 11 is 38.1. The second-order valence-electron chi connectivity index (χ2n) is 6.96. The van der Waals surface area contributed by atoms with Gasteiger partial charge in [-0.2, -0.15) is 37.9 Å². The van der Waals surface area contributed by atoms with Crippen molar-refractivity contribution < 1.29 is 0 Å². The third-order valence-corrected chi connectivity index (χ3v) is 23.3. The smallest absolute Gasteiger partial charge is 0.0667 e. The molecule has 0 radical (unpaired) electrons. The minimum atomic E-state index is 0.784. The molecule has 0 saturated carbocycles. The minimum absolute atomic E-state index is 0.784. The van der Waals surface area contributed by atoms with Gasteiger partial charge in [0.2, 0.25) is 0 Å². The van der Waals surface area contributed by atoms with Crippen LogP contribution in [-0.2, 0) is 0 Å². The van der Waals surface area contributed by atoms with Crippen LogP contribution in [0.3, 0.4) is 0 Å². The fourth-order valence-electron chi connectivity index (χ4n) is 2.88. The van der Waals surface area contributed by atoms with E-state index in [2.05, 4.69) is 81.0 Å². The van der Waals surface area contributed by atoms with Gasteiger partial charge in [0.05, 0.1) is 33.9 Å². The molecule has 16 heteroatoms. The highest BCUT2D eigenvalue weighted by Gasteiger charge is 2.25. The molecule has 0 atom stereocenters. The molecular weight excluding hydrogens is 789 g/mol. The first-order valence-electron chi connectivity index (χ1n) is 10.9. The summed E-state index contributed by atoms with van der Waals surface area (Å²) in [5.41, 5.74) is 0. The quantitative estimate of drug-likeness (QED) is 0.127. The van der Waals surface area contributed by atoms with Crippen molar-refractivity contribution in [3.63, 3.8) is 0 Å². The molecule has 0 saturated heterocycles. The summed E-state index contributed by atoms with van der Waals surface area (Å²) in [6.07, 6.45) is 15.6. The Labute approximate surface area is 304 Å². The molecule has 4 aliphatic heterocycles. The predicted octanol–water partition coefficient (Wildman–Crippen LogP) is 13.2. The maximum absolute atomic E-state index is 4.63.